The van der Waals surface area contributed by atoms with Crippen molar-refractivity contribution in [3.63, 3.8) is 0 Å². The molecule has 0 aromatic heterocycles. The van der Waals surface area contributed by atoms with Crippen LogP contribution in [0.5, 0.6) is 5.75 Å². The molecule has 3 aliphatic rings. The van der Waals surface area contributed by atoms with E-state index in [1.807, 2.05) is 52.0 Å². The van der Waals surface area contributed by atoms with Crippen LogP contribution in [0.25, 0.3) is 0 Å². The zero-order valence-electron chi connectivity index (χ0n) is 18.8. The molecule has 9 heteroatoms. The van der Waals surface area contributed by atoms with Crippen molar-refractivity contribution >= 4 is 33.6 Å². The lowest BCUT2D eigenvalue weighted by molar-refractivity contribution is -0.193. The fraction of sp³-hybridized carbons (Fsp3) is 0.727. The van der Waals surface area contributed by atoms with Crippen LogP contribution < -0.4 is 10.2 Å². The van der Waals surface area contributed by atoms with E-state index in [0.29, 0.717) is 11.5 Å². The van der Waals surface area contributed by atoms with Crippen LogP contribution in [0.1, 0.15) is 47.0 Å². The molecule has 6 nitrogen and oxygen atoms in total. The number of ether oxygens (including phenoxy) is 3. The van der Waals surface area contributed by atoms with Crippen LogP contribution in [0.4, 0.5) is 0 Å². The van der Waals surface area contributed by atoms with Gasteiger partial charge in [-0.1, -0.05) is 12.1 Å². The smallest absolute Gasteiger partial charge is 0.494 e. The Kier molecular flexibility index (Phi) is 7.01. The van der Waals surface area contributed by atoms with Gasteiger partial charge in [-0.2, -0.15) is 0 Å². The molecule has 3 unspecified atom stereocenters. The van der Waals surface area contributed by atoms with Gasteiger partial charge in [0.15, 0.2) is 6.29 Å². The molecule has 3 saturated heterocycles. The Balaban J connectivity index is 1.36. The van der Waals surface area contributed by atoms with Gasteiger partial charge in [0.2, 0.25) is 0 Å². The zero-order chi connectivity index (χ0) is 22.2. The Hall–Kier alpha value is -0.708. The molecule has 169 valence electrons. The van der Waals surface area contributed by atoms with Gasteiger partial charge < -0.3 is 23.5 Å². The molecule has 0 amide bonds. The first-order valence-corrected chi connectivity index (χ1v) is 13.2. The van der Waals surface area contributed by atoms with Crippen molar-refractivity contribution in [3.05, 3.63) is 24.3 Å². The van der Waals surface area contributed by atoms with Crippen molar-refractivity contribution in [2.45, 2.75) is 76.3 Å². The van der Waals surface area contributed by atoms with Gasteiger partial charge in [-0.3, -0.25) is 4.21 Å². The van der Waals surface area contributed by atoms with Crippen LogP contribution in [-0.2, 0) is 29.6 Å². The van der Waals surface area contributed by atoms with Crippen molar-refractivity contribution < 1.29 is 27.7 Å². The molecule has 0 bridgehead atoms. The van der Waals surface area contributed by atoms with E-state index in [1.165, 1.54) is 0 Å². The third kappa shape index (κ3) is 5.28. The minimum atomic E-state index is -0.911. The third-order valence-corrected chi connectivity index (χ3v) is 8.73. The van der Waals surface area contributed by atoms with E-state index in [9.17, 15) is 4.21 Å². The Morgan fingerprint density at radius 2 is 1.77 bits per heavy atom. The summed E-state index contributed by atoms with van der Waals surface area (Å²) in [5.41, 5.74) is -0.0948. The highest BCUT2D eigenvalue weighted by Gasteiger charge is 2.51. The van der Waals surface area contributed by atoms with Gasteiger partial charge in [0, 0.05) is 29.1 Å². The van der Waals surface area contributed by atoms with E-state index in [1.54, 1.807) is 0 Å². The topological polar surface area (TPSA) is 63.2 Å². The maximum atomic E-state index is 12.2. The lowest BCUT2D eigenvalue weighted by Crippen LogP contribution is -2.41. The van der Waals surface area contributed by atoms with Gasteiger partial charge in [0.1, 0.15) is 5.75 Å². The Bertz CT molecular complexity index is 767. The van der Waals surface area contributed by atoms with Crippen LogP contribution in [-0.4, -0.2) is 69.0 Å². The monoisotopic (exact) mass is 463 g/mol. The summed E-state index contributed by atoms with van der Waals surface area (Å²) in [6, 6.07) is 7.76. The molecule has 1 aromatic carbocycles. The summed E-state index contributed by atoms with van der Waals surface area (Å²) >= 11 is 0. The predicted octanol–water partition coefficient (Wildman–Crippen LogP) is 2.15. The second-order valence-electron chi connectivity index (χ2n) is 9.60. The normalized spacial score (nSPS) is 33.4. The molecule has 3 aliphatic heterocycles. The van der Waals surface area contributed by atoms with Crippen molar-refractivity contribution in [1.29, 1.82) is 0 Å². The highest BCUT2D eigenvalue weighted by Crippen LogP contribution is 2.36. The molecule has 0 N–H and O–H groups in total. The summed E-state index contributed by atoms with van der Waals surface area (Å²) < 4.78 is 42.5. The zero-order valence-corrected chi connectivity index (χ0v) is 20.6. The fourth-order valence-electron chi connectivity index (χ4n) is 4.05. The summed E-state index contributed by atoms with van der Waals surface area (Å²) in [6.45, 7) is 8.91. The van der Waals surface area contributed by atoms with E-state index in [2.05, 4.69) is 10.2 Å². The molecule has 5 atom stereocenters. The summed E-state index contributed by atoms with van der Waals surface area (Å²) in [7, 11) is 2.41. The SMILES string of the molecule is CC1(C)OB(c2ccc(OC([Si])[C@@H]3CS(=O)C[C@H]3OC3CCCCO3)cc2)OC1(C)C. The fourth-order valence-corrected chi connectivity index (χ4v) is 6.34. The summed E-state index contributed by atoms with van der Waals surface area (Å²) in [5.74, 6) is 1.80. The summed E-state index contributed by atoms with van der Waals surface area (Å²) in [6.07, 6.45) is 2.73. The second kappa shape index (κ2) is 9.27. The maximum Gasteiger partial charge on any atom is 0.494 e. The molecule has 0 aliphatic carbocycles. The molecule has 0 saturated carbocycles. The second-order valence-corrected chi connectivity index (χ2v) is 11.7. The van der Waals surface area contributed by atoms with E-state index in [0.717, 1.165) is 37.1 Å². The summed E-state index contributed by atoms with van der Waals surface area (Å²) in [4.78, 5) is 0. The molecular weight excluding hydrogens is 431 g/mol. The first-order valence-electron chi connectivity index (χ1n) is 11.1. The number of benzene rings is 1. The lowest BCUT2D eigenvalue weighted by Gasteiger charge is -2.32. The van der Waals surface area contributed by atoms with Crippen LogP contribution in [0.3, 0.4) is 0 Å². The van der Waals surface area contributed by atoms with Crippen LogP contribution in [0.2, 0.25) is 0 Å². The van der Waals surface area contributed by atoms with Gasteiger partial charge in [-0.05, 0) is 64.6 Å². The Morgan fingerprint density at radius 3 is 2.39 bits per heavy atom. The van der Waals surface area contributed by atoms with E-state index in [-0.39, 0.29) is 35.2 Å². The number of rotatable bonds is 6. The quantitative estimate of drug-likeness (QED) is 0.603. The van der Waals surface area contributed by atoms with Crippen molar-refractivity contribution in [1.82, 2.24) is 0 Å². The lowest BCUT2D eigenvalue weighted by atomic mass is 9.79. The number of hydrogen-bond donors (Lipinski definition) is 0. The molecule has 31 heavy (non-hydrogen) atoms. The first-order chi connectivity index (χ1) is 14.6. The Labute approximate surface area is 191 Å². The van der Waals surface area contributed by atoms with Crippen LogP contribution >= 0.6 is 0 Å². The highest BCUT2D eigenvalue weighted by molar-refractivity contribution is 7.85. The van der Waals surface area contributed by atoms with Crippen LogP contribution in [0.15, 0.2) is 24.3 Å². The average molecular weight is 463 g/mol. The standard InChI is InChI=1S/C22H32BO6SSi/c1-21(2)22(3,4)29-23(28-21)15-8-10-16(11-9-15)26-20(31)17-13-30(24)14-18(17)27-19-7-5-6-12-25-19/h8-11,17-20H,5-7,12-14H2,1-4H3/t17-,18-,19?,20?,30?/m1/s1. The van der Waals surface area contributed by atoms with E-state index >= 15 is 0 Å². The van der Waals surface area contributed by atoms with Crippen molar-refractivity contribution in [2.75, 3.05) is 18.1 Å². The average Bonchev–Trinajstić information content (AvgIpc) is 3.18. The van der Waals surface area contributed by atoms with Gasteiger partial charge in [-0.25, -0.2) is 0 Å². The van der Waals surface area contributed by atoms with Gasteiger partial charge in [0.25, 0.3) is 0 Å². The molecule has 3 fully saturated rings. The van der Waals surface area contributed by atoms with Gasteiger partial charge in [-0.15, -0.1) is 0 Å². The first kappa shape index (κ1) is 23.5. The van der Waals surface area contributed by atoms with E-state index < -0.39 is 17.9 Å². The maximum absolute atomic E-state index is 12.2. The molecule has 0 spiro atoms. The predicted molar refractivity (Wildman–Crippen MR) is 122 cm³/mol. The largest absolute Gasteiger partial charge is 0.495 e. The molecule has 3 heterocycles. The van der Waals surface area contributed by atoms with Crippen molar-refractivity contribution in [2.24, 2.45) is 5.92 Å². The van der Waals surface area contributed by atoms with E-state index in [4.69, 9.17) is 23.5 Å². The molecular formula is C22H32BO6SSi. The minimum Gasteiger partial charge on any atom is -0.495 e. The van der Waals surface area contributed by atoms with Gasteiger partial charge in [0.05, 0.1) is 39.0 Å². The third-order valence-electron chi connectivity index (χ3n) is 6.73. The minimum absolute atomic E-state index is 0.00852. The van der Waals surface area contributed by atoms with Gasteiger partial charge >= 0.3 is 7.12 Å². The highest BCUT2D eigenvalue weighted by atomic mass is 32.2. The molecule has 1 aromatic rings. The molecule has 4 rings (SSSR count). The molecule has 3 radical (unpaired) electrons. The number of hydrogen-bond acceptors (Lipinski definition) is 6. The summed E-state index contributed by atoms with van der Waals surface area (Å²) in [5, 5.41) is 0. The Morgan fingerprint density at radius 1 is 1.10 bits per heavy atom. The van der Waals surface area contributed by atoms with Crippen molar-refractivity contribution in [3.8, 4) is 5.75 Å². The van der Waals surface area contributed by atoms with Crippen LogP contribution in [0, 0.1) is 5.92 Å².